The quantitative estimate of drug-likeness (QED) is 0.202. The number of non-ortho nitro benzene ring substituents is 1. The number of carbonyl (C=O) groups excluding carboxylic acids is 1. The number of rotatable bonds is 5. The standard InChI is InChI=1S/C31H35N3O4/c1-30(2,3)23-16-22(17-24(18-23)31(4,5)6)28-19-27(20-8-10-21(11-9-20)29(35)38-7)32-33(28)25-12-14-26(15-13-25)34(36)37/h8-18,28H,19H2,1-7H3. The third-order valence-electron chi connectivity index (χ3n) is 6.95. The van der Waals surface area contributed by atoms with E-state index in [1.165, 1.54) is 30.4 Å². The number of methoxy groups -OCH3 is 1. The Hall–Kier alpha value is -4.00. The minimum absolute atomic E-state index is 0.0387. The molecule has 7 heteroatoms. The zero-order valence-corrected chi connectivity index (χ0v) is 23.1. The van der Waals surface area contributed by atoms with Crippen LogP contribution in [0.1, 0.15) is 86.6 Å². The average Bonchev–Trinajstić information content (AvgIpc) is 3.32. The number of hydrogen-bond donors (Lipinski definition) is 0. The van der Waals surface area contributed by atoms with Gasteiger partial charge in [0, 0.05) is 18.6 Å². The molecular weight excluding hydrogens is 478 g/mol. The first-order valence-corrected chi connectivity index (χ1v) is 12.7. The molecule has 7 nitrogen and oxygen atoms in total. The molecule has 0 saturated carbocycles. The van der Waals surface area contributed by atoms with Crippen molar-refractivity contribution in [3.63, 3.8) is 0 Å². The predicted molar refractivity (Wildman–Crippen MR) is 151 cm³/mol. The van der Waals surface area contributed by atoms with Crippen LogP contribution in [0.4, 0.5) is 11.4 Å². The Labute approximate surface area is 224 Å². The third kappa shape index (κ3) is 5.62. The summed E-state index contributed by atoms with van der Waals surface area (Å²) in [4.78, 5) is 22.8. The van der Waals surface area contributed by atoms with Gasteiger partial charge in [0.2, 0.25) is 0 Å². The molecule has 0 amide bonds. The first kappa shape index (κ1) is 27.0. The van der Waals surface area contributed by atoms with E-state index in [9.17, 15) is 14.9 Å². The second kappa shape index (κ2) is 10.0. The highest BCUT2D eigenvalue weighted by Gasteiger charge is 2.32. The van der Waals surface area contributed by atoms with E-state index in [4.69, 9.17) is 9.84 Å². The number of nitro benzene ring substituents is 1. The van der Waals surface area contributed by atoms with Crippen LogP contribution >= 0.6 is 0 Å². The smallest absolute Gasteiger partial charge is 0.337 e. The number of ether oxygens (including phenoxy) is 1. The lowest BCUT2D eigenvalue weighted by molar-refractivity contribution is -0.384. The predicted octanol–water partition coefficient (Wildman–Crippen LogP) is 7.33. The molecule has 0 saturated heterocycles. The Morgan fingerprint density at radius 2 is 1.47 bits per heavy atom. The summed E-state index contributed by atoms with van der Waals surface area (Å²) in [7, 11) is 1.36. The van der Waals surface area contributed by atoms with Crippen molar-refractivity contribution in [1.82, 2.24) is 0 Å². The van der Waals surface area contributed by atoms with Gasteiger partial charge in [0.15, 0.2) is 0 Å². The lowest BCUT2D eigenvalue weighted by Crippen LogP contribution is -2.22. The van der Waals surface area contributed by atoms with Gasteiger partial charge in [-0.25, -0.2) is 4.79 Å². The Morgan fingerprint density at radius 3 is 1.95 bits per heavy atom. The van der Waals surface area contributed by atoms with E-state index in [0.29, 0.717) is 12.0 Å². The fraction of sp³-hybridized carbons (Fsp3) is 0.355. The highest BCUT2D eigenvalue weighted by molar-refractivity contribution is 6.04. The molecule has 1 aliphatic heterocycles. The molecule has 1 heterocycles. The third-order valence-corrected chi connectivity index (χ3v) is 6.95. The van der Waals surface area contributed by atoms with Crippen molar-refractivity contribution in [2.45, 2.75) is 64.8 Å². The van der Waals surface area contributed by atoms with Gasteiger partial charge in [0.25, 0.3) is 5.69 Å². The molecule has 3 aromatic rings. The van der Waals surface area contributed by atoms with Gasteiger partial charge in [-0.15, -0.1) is 0 Å². The normalized spacial score (nSPS) is 15.8. The van der Waals surface area contributed by atoms with Gasteiger partial charge in [0.05, 0.1) is 35.0 Å². The van der Waals surface area contributed by atoms with Gasteiger partial charge in [-0.1, -0.05) is 71.9 Å². The Balaban J connectivity index is 1.82. The molecule has 0 spiro atoms. The molecule has 0 bridgehead atoms. The van der Waals surface area contributed by atoms with E-state index in [0.717, 1.165) is 22.5 Å². The van der Waals surface area contributed by atoms with Crippen molar-refractivity contribution in [3.8, 4) is 0 Å². The number of hydrazone groups is 1. The first-order valence-electron chi connectivity index (χ1n) is 12.7. The van der Waals surface area contributed by atoms with Crippen LogP contribution in [0.2, 0.25) is 0 Å². The Morgan fingerprint density at radius 1 is 0.921 bits per heavy atom. The zero-order chi connectivity index (χ0) is 27.8. The minimum atomic E-state index is -0.398. The fourth-order valence-corrected chi connectivity index (χ4v) is 4.54. The van der Waals surface area contributed by atoms with Crippen LogP contribution in [0.3, 0.4) is 0 Å². The average molecular weight is 514 g/mol. The minimum Gasteiger partial charge on any atom is -0.465 e. The van der Waals surface area contributed by atoms with Gasteiger partial charge < -0.3 is 4.74 Å². The van der Waals surface area contributed by atoms with Crippen LogP contribution in [-0.4, -0.2) is 23.7 Å². The molecule has 4 rings (SSSR count). The SMILES string of the molecule is COC(=O)c1ccc(C2=NN(c3ccc([N+](=O)[O-])cc3)C(c3cc(C(C)(C)C)cc(C(C)(C)C)c3)C2)cc1. The maximum atomic E-state index is 11.9. The molecule has 1 aliphatic rings. The Bertz CT molecular complexity index is 1350. The van der Waals surface area contributed by atoms with E-state index in [1.54, 1.807) is 24.3 Å². The summed E-state index contributed by atoms with van der Waals surface area (Å²) < 4.78 is 4.83. The van der Waals surface area contributed by atoms with Gasteiger partial charge in [-0.3, -0.25) is 15.1 Å². The number of esters is 1. The second-order valence-corrected chi connectivity index (χ2v) is 11.8. The van der Waals surface area contributed by atoms with Gasteiger partial charge >= 0.3 is 5.97 Å². The van der Waals surface area contributed by atoms with Crippen molar-refractivity contribution in [3.05, 3.63) is 105 Å². The summed E-state index contributed by atoms with van der Waals surface area (Å²) in [5.41, 5.74) is 6.65. The number of anilines is 1. The van der Waals surface area contributed by atoms with Crippen molar-refractivity contribution in [2.75, 3.05) is 12.1 Å². The number of carbonyl (C=O) groups is 1. The number of hydrogen-bond acceptors (Lipinski definition) is 6. The van der Waals surface area contributed by atoms with Crippen LogP contribution in [0.5, 0.6) is 0 Å². The molecule has 0 aliphatic carbocycles. The lowest BCUT2D eigenvalue weighted by Gasteiger charge is -2.30. The zero-order valence-electron chi connectivity index (χ0n) is 23.1. The van der Waals surface area contributed by atoms with Crippen LogP contribution in [-0.2, 0) is 15.6 Å². The summed E-state index contributed by atoms with van der Waals surface area (Å²) in [6, 6.07) is 20.5. The summed E-state index contributed by atoms with van der Waals surface area (Å²) in [6.07, 6.45) is 0.645. The molecule has 0 aromatic heterocycles. The highest BCUT2D eigenvalue weighted by atomic mass is 16.6. The fourth-order valence-electron chi connectivity index (χ4n) is 4.54. The van der Waals surface area contributed by atoms with Gasteiger partial charge in [-0.05, 0) is 57.3 Å². The summed E-state index contributed by atoms with van der Waals surface area (Å²) in [5.74, 6) is -0.385. The van der Waals surface area contributed by atoms with E-state index < -0.39 is 4.92 Å². The van der Waals surface area contributed by atoms with Crippen molar-refractivity contribution in [2.24, 2.45) is 5.10 Å². The lowest BCUT2D eigenvalue weighted by atomic mass is 9.78. The molecule has 38 heavy (non-hydrogen) atoms. The molecule has 0 fully saturated rings. The van der Waals surface area contributed by atoms with E-state index >= 15 is 0 Å². The number of nitrogens with zero attached hydrogens (tertiary/aromatic N) is 3. The molecule has 1 atom stereocenters. The molecule has 198 valence electrons. The number of nitro groups is 1. The number of benzene rings is 3. The van der Waals surface area contributed by atoms with Crippen molar-refractivity contribution < 1.29 is 14.5 Å². The van der Waals surface area contributed by atoms with E-state index in [1.807, 2.05) is 17.1 Å². The highest BCUT2D eigenvalue weighted by Crippen LogP contribution is 2.40. The van der Waals surface area contributed by atoms with Crippen LogP contribution in [0.25, 0.3) is 0 Å². The van der Waals surface area contributed by atoms with E-state index in [2.05, 4.69) is 59.7 Å². The summed E-state index contributed by atoms with van der Waals surface area (Å²) in [5, 5.41) is 18.2. The molecule has 0 N–H and O–H groups in total. The van der Waals surface area contributed by atoms with Gasteiger partial charge in [-0.2, -0.15) is 5.10 Å². The van der Waals surface area contributed by atoms with Crippen molar-refractivity contribution >= 4 is 23.1 Å². The summed E-state index contributed by atoms with van der Waals surface area (Å²) >= 11 is 0. The van der Waals surface area contributed by atoms with Crippen LogP contribution < -0.4 is 5.01 Å². The first-order chi connectivity index (χ1) is 17.8. The largest absolute Gasteiger partial charge is 0.465 e. The maximum Gasteiger partial charge on any atom is 0.337 e. The van der Waals surface area contributed by atoms with Crippen LogP contribution in [0.15, 0.2) is 71.8 Å². The molecular formula is C31H35N3O4. The molecule has 1 unspecified atom stereocenters. The van der Waals surface area contributed by atoms with E-state index in [-0.39, 0.29) is 28.5 Å². The monoisotopic (exact) mass is 513 g/mol. The van der Waals surface area contributed by atoms with Crippen molar-refractivity contribution in [1.29, 1.82) is 0 Å². The topological polar surface area (TPSA) is 85.0 Å². The Kier molecular flexibility index (Phi) is 7.15. The molecule has 0 radical (unpaired) electrons. The maximum absolute atomic E-state index is 11.9. The van der Waals surface area contributed by atoms with Crippen LogP contribution in [0, 0.1) is 10.1 Å². The summed E-state index contributed by atoms with van der Waals surface area (Å²) in [6.45, 7) is 13.3. The molecule has 3 aromatic carbocycles. The second-order valence-electron chi connectivity index (χ2n) is 11.8. The van der Waals surface area contributed by atoms with Gasteiger partial charge in [0.1, 0.15) is 0 Å².